The van der Waals surface area contributed by atoms with Gasteiger partial charge in [-0.3, -0.25) is 4.79 Å². The highest BCUT2D eigenvalue weighted by molar-refractivity contribution is 7.10. The third kappa shape index (κ3) is 3.82. The van der Waals surface area contributed by atoms with Crippen LogP contribution >= 0.6 is 11.3 Å². The molecule has 2 rings (SSSR count). The highest BCUT2D eigenvalue weighted by atomic mass is 32.1. The van der Waals surface area contributed by atoms with Gasteiger partial charge in [-0.05, 0) is 49.7 Å². The molecule has 0 radical (unpaired) electrons. The van der Waals surface area contributed by atoms with Crippen LogP contribution in [-0.4, -0.2) is 19.0 Å². The van der Waals surface area contributed by atoms with Gasteiger partial charge in [0.2, 0.25) is 5.91 Å². The minimum atomic E-state index is 0.194. The molecule has 1 aromatic heterocycles. The standard InChI is InChI=1S/C14H22N2OS/c1-2-12(13-4-3-9-18-13)16-14(17)6-5-11-7-8-15-10-11/h3-4,9,11-12,15H,2,5-8,10H2,1H3,(H,16,17). The Hall–Kier alpha value is -0.870. The molecule has 2 unspecified atom stereocenters. The van der Waals surface area contributed by atoms with E-state index in [1.54, 1.807) is 11.3 Å². The smallest absolute Gasteiger partial charge is 0.220 e. The summed E-state index contributed by atoms with van der Waals surface area (Å²) in [5.41, 5.74) is 0. The lowest BCUT2D eigenvalue weighted by Gasteiger charge is -2.16. The third-order valence-corrected chi connectivity index (χ3v) is 4.56. The molecule has 1 saturated heterocycles. The Morgan fingerprint density at radius 2 is 2.56 bits per heavy atom. The highest BCUT2D eigenvalue weighted by Gasteiger charge is 2.17. The molecule has 2 heterocycles. The molecule has 1 aliphatic rings. The summed E-state index contributed by atoms with van der Waals surface area (Å²) in [5, 5.41) is 8.55. The van der Waals surface area contributed by atoms with E-state index in [1.165, 1.54) is 11.3 Å². The van der Waals surface area contributed by atoms with Gasteiger partial charge in [0.25, 0.3) is 0 Å². The van der Waals surface area contributed by atoms with Crippen molar-refractivity contribution in [2.75, 3.05) is 13.1 Å². The zero-order valence-corrected chi connectivity index (χ0v) is 11.8. The van der Waals surface area contributed by atoms with E-state index in [9.17, 15) is 4.79 Å². The molecule has 0 spiro atoms. The van der Waals surface area contributed by atoms with Crippen molar-refractivity contribution in [3.05, 3.63) is 22.4 Å². The molecule has 4 heteroatoms. The first kappa shape index (κ1) is 13.6. The molecule has 0 bridgehead atoms. The first-order valence-corrected chi connectivity index (χ1v) is 7.71. The molecular weight excluding hydrogens is 244 g/mol. The van der Waals surface area contributed by atoms with Crippen molar-refractivity contribution in [1.29, 1.82) is 0 Å². The second-order valence-corrected chi connectivity index (χ2v) is 5.92. The monoisotopic (exact) mass is 266 g/mol. The number of carbonyl (C=O) groups is 1. The van der Waals surface area contributed by atoms with Crippen LogP contribution in [0.2, 0.25) is 0 Å². The van der Waals surface area contributed by atoms with Gasteiger partial charge < -0.3 is 10.6 Å². The van der Waals surface area contributed by atoms with Crippen LogP contribution in [0.25, 0.3) is 0 Å². The summed E-state index contributed by atoms with van der Waals surface area (Å²) in [5.74, 6) is 0.889. The topological polar surface area (TPSA) is 41.1 Å². The van der Waals surface area contributed by atoms with Crippen molar-refractivity contribution >= 4 is 17.2 Å². The SMILES string of the molecule is CCC(NC(=O)CCC1CCNC1)c1cccs1. The third-order valence-electron chi connectivity index (χ3n) is 3.57. The molecular formula is C14H22N2OS. The molecule has 2 N–H and O–H groups in total. The fourth-order valence-electron chi connectivity index (χ4n) is 2.43. The van der Waals surface area contributed by atoms with E-state index >= 15 is 0 Å². The molecule has 0 aliphatic carbocycles. The van der Waals surface area contributed by atoms with Crippen LogP contribution in [0.1, 0.15) is 43.5 Å². The summed E-state index contributed by atoms with van der Waals surface area (Å²) in [6.45, 7) is 4.31. The summed E-state index contributed by atoms with van der Waals surface area (Å²) in [7, 11) is 0. The van der Waals surface area contributed by atoms with E-state index in [1.807, 2.05) is 6.07 Å². The predicted molar refractivity (Wildman–Crippen MR) is 75.7 cm³/mol. The fraction of sp³-hybridized carbons (Fsp3) is 0.643. The largest absolute Gasteiger partial charge is 0.348 e. The van der Waals surface area contributed by atoms with E-state index in [0.717, 1.165) is 25.9 Å². The lowest BCUT2D eigenvalue weighted by molar-refractivity contribution is -0.122. The summed E-state index contributed by atoms with van der Waals surface area (Å²) in [6.07, 6.45) is 3.85. The molecule has 100 valence electrons. The fourth-order valence-corrected chi connectivity index (χ4v) is 3.29. The number of nitrogens with one attached hydrogen (secondary N) is 2. The van der Waals surface area contributed by atoms with E-state index < -0.39 is 0 Å². The number of hydrogen-bond donors (Lipinski definition) is 2. The van der Waals surface area contributed by atoms with Crippen LogP contribution in [0.4, 0.5) is 0 Å². The van der Waals surface area contributed by atoms with Gasteiger partial charge in [0.15, 0.2) is 0 Å². The number of thiophene rings is 1. The van der Waals surface area contributed by atoms with Crippen LogP contribution < -0.4 is 10.6 Å². The highest BCUT2D eigenvalue weighted by Crippen LogP contribution is 2.22. The van der Waals surface area contributed by atoms with Crippen LogP contribution in [-0.2, 0) is 4.79 Å². The zero-order chi connectivity index (χ0) is 12.8. The second-order valence-electron chi connectivity index (χ2n) is 4.94. The molecule has 0 aromatic carbocycles. The van der Waals surface area contributed by atoms with Gasteiger partial charge in [-0.1, -0.05) is 13.0 Å². The number of amides is 1. The van der Waals surface area contributed by atoms with Gasteiger partial charge in [0.1, 0.15) is 0 Å². The summed E-state index contributed by atoms with van der Waals surface area (Å²) in [4.78, 5) is 13.2. The molecule has 2 atom stereocenters. The molecule has 1 aromatic rings. The van der Waals surface area contributed by atoms with Gasteiger partial charge >= 0.3 is 0 Å². The molecule has 0 saturated carbocycles. The van der Waals surface area contributed by atoms with Gasteiger partial charge in [0, 0.05) is 11.3 Å². The lowest BCUT2D eigenvalue weighted by atomic mass is 10.0. The van der Waals surface area contributed by atoms with E-state index in [-0.39, 0.29) is 11.9 Å². The first-order valence-electron chi connectivity index (χ1n) is 6.83. The maximum atomic E-state index is 11.9. The maximum absolute atomic E-state index is 11.9. The summed E-state index contributed by atoms with van der Waals surface area (Å²) in [6, 6.07) is 4.33. The Bertz CT molecular complexity index is 358. The summed E-state index contributed by atoms with van der Waals surface area (Å²) < 4.78 is 0. The Kier molecular flexibility index (Phi) is 5.20. The predicted octanol–water partition coefficient (Wildman–Crippen LogP) is 2.71. The minimum absolute atomic E-state index is 0.194. The average Bonchev–Trinajstić information content (AvgIpc) is 3.05. The quantitative estimate of drug-likeness (QED) is 0.831. The normalized spacial score (nSPS) is 20.8. The van der Waals surface area contributed by atoms with E-state index in [4.69, 9.17) is 0 Å². The molecule has 1 aliphatic heterocycles. The van der Waals surface area contributed by atoms with Crippen molar-refractivity contribution in [1.82, 2.24) is 10.6 Å². The van der Waals surface area contributed by atoms with Gasteiger partial charge in [-0.25, -0.2) is 0 Å². The summed E-state index contributed by atoms with van der Waals surface area (Å²) >= 11 is 1.72. The zero-order valence-electron chi connectivity index (χ0n) is 10.9. The Labute approximate surface area is 113 Å². The van der Waals surface area contributed by atoms with Crippen LogP contribution in [0.5, 0.6) is 0 Å². The van der Waals surface area contributed by atoms with Crippen molar-refractivity contribution in [3.8, 4) is 0 Å². The van der Waals surface area contributed by atoms with Crippen LogP contribution in [0, 0.1) is 5.92 Å². The Morgan fingerprint density at radius 1 is 1.67 bits per heavy atom. The minimum Gasteiger partial charge on any atom is -0.348 e. The maximum Gasteiger partial charge on any atom is 0.220 e. The number of hydrogen-bond acceptors (Lipinski definition) is 3. The Morgan fingerprint density at radius 3 is 3.17 bits per heavy atom. The first-order chi connectivity index (χ1) is 8.79. The van der Waals surface area contributed by atoms with Crippen LogP contribution in [0.15, 0.2) is 17.5 Å². The molecule has 3 nitrogen and oxygen atoms in total. The van der Waals surface area contributed by atoms with Gasteiger partial charge in [-0.15, -0.1) is 11.3 Å². The number of rotatable bonds is 6. The molecule has 1 fully saturated rings. The lowest BCUT2D eigenvalue weighted by Crippen LogP contribution is -2.28. The number of carbonyl (C=O) groups excluding carboxylic acids is 1. The van der Waals surface area contributed by atoms with Crippen molar-refractivity contribution < 1.29 is 4.79 Å². The van der Waals surface area contributed by atoms with Crippen molar-refractivity contribution in [2.45, 2.75) is 38.6 Å². The average molecular weight is 266 g/mol. The van der Waals surface area contributed by atoms with E-state index in [2.05, 4.69) is 29.0 Å². The van der Waals surface area contributed by atoms with Crippen LogP contribution in [0.3, 0.4) is 0 Å². The van der Waals surface area contributed by atoms with Gasteiger partial charge in [0.05, 0.1) is 6.04 Å². The molecule has 1 amide bonds. The second kappa shape index (κ2) is 6.90. The Balaban J connectivity index is 1.75. The van der Waals surface area contributed by atoms with Crippen molar-refractivity contribution in [3.63, 3.8) is 0 Å². The molecule has 18 heavy (non-hydrogen) atoms. The van der Waals surface area contributed by atoms with Crippen molar-refractivity contribution in [2.24, 2.45) is 5.92 Å². The van der Waals surface area contributed by atoms with E-state index in [0.29, 0.717) is 12.3 Å². The van der Waals surface area contributed by atoms with Gasteiger partial charge in [-0.2, -0.15) is 0 Å².